The summed E-state index contributed by atoms with van der Waals surface area (Å²) in [6, 6.07) is 9.64. The molecule has 5 nitrogen and oxygen atoms in total. The van der Waals surface area contributed by atoms with E-state index in [1.165, 1.54) is 0 Å². The molecule has 0 bridgehead atoms. The van der Waals surface area contributed by atoms with Crippen LogP contribution in [-0.4, -0.2) is 23.0 Å². The van der Waals surface area contributed by atoms with Gasteiger partial charge in [0, 0.05) is 12.0 Å². The van der Waals surface area contributed by atoms with Crippen LogP contribution in [0.2, 0.25) is 0 Å². The van der Waals surface area contributed by atoms with Crippen molar-refractivity contribution in [1.29, 1.82) is 0 Å². The molecule has 1 aliphatic rings. The molecule has 1 amide bonds. The number of nitrogens with two attached hydrogens (primary N) is 1. The fraction of sp³-hybridized carbons (Fsp3) is 0.500. The van der Waals surface area contributed by atoms with Crippen molar-refractivity contribution < 1.29 is 10.0 Å². The summed E-state index contributed by atoms with van der Waals surface area (Å²) in [6.07, 6.45) is 2.67. The van der Waals surface area contributed by atoms with Gasteiger partial charge in [0.1, 0.15) is 5.84 Å². The van der Waals surface area contributed by atoms with E-state index in [4.69, 9.17) is 10.9 Å². The normalized spacial score (nSPS) is 23.0. The van der Waals surface area contributed by atoms with E-state index in [1.54, 1.807) is 0 Å². The monoisotopic (exact) mass is 289 g/mol. The van der Waals surface area contributed by atoms with E-state index in [1.807, 2.05) is 44.2 Å². The van der Waals surface area contributed by atoms with Crippen LogP contribution in [0, 0.1) is 5.92 Å². The second-order valence-electron chi connectivity index (χ2n) is 6.13. The van der Waals surface area contributed by atoms with Gasteiger partial charge in [-0.2, -0.15) is 0 Å². The molecule has 5 heteroatoms. The smallest absolute Gasteiger partial charge is 0.230 e. The highest BCUT2D eigenvalue weighted by Crippen LogP contribution is 2.28. The Morgan fingerprint density at radius 1 is 1.33 bits per heavy atom. The third-order valence-corrected chi connectivity index (χ3v) is 4.39. The molecular formula is C16H23N3O2. The van der Waals surface area contributed by atoms with Crippen LogP contribution >= 0.6 is 0 Å². The predicted molar refractivity (Wildman–Crippen MR) is 82.1 cm³/mol. The highest BCUT2D eigenvalue weighted by molar-refractivity contribution is 5.89. The minimum absolute atomic E-state index is 0.0312. The molecule has 114 valence electrons. The van der Waals surface area contributed by atoms with Gasteiger partial charge < -0.3 is 16.3 Å². The SMILES string of the molecule is CC(C)(C(=O)NC1CCCC1C(N)=NO)c1ccccc1. The zero-order chi connectivity index (χ0) is 15.5. The van der Waals surface area contributed by atoms with Crippen LogP contribution in [0.3, 0.4) is 0 Å². The second kappa shape index (κ2) is 6.16. The third kappa shape index (κ3) is 3.17. The van der Waals surface area contributed by atoms with Crippen LogP contribution in [0.15, 0.2) is 35.5 Å². The maximum absolute atomic E-state index is 12.6. The molecule has 1 fully saturated rings. The Kier molecular flexibility index (Phi) is 4.50. The zero-order valence-corrected chi connectivity index (χ0v) is 12.5. The first-order chi connectivity index (χ1) is 9.96. The Labute approximate surface area is 125 Å². The zero-order valence-electron chi connectivity index (χ0n) is 12.5. The molecule has 1 saturated carbocycles. The van der Waals surface area contributed by atoms with Crippen LogP contribution in [0.4, 0.5) is 0 Å². The number of nitrogens with one attached hydrogen (secondary N) is 1. The fourth-order valence-electron chi connectivity index (χ4n) is 2.90. The van der Waals surface area contributed by atoms with Gasteiger partial charge in [-0.05, 0) is 32.3 Å². The number of amidine groups is 1. The molecule has 0 aromatic heterocycles. The molecule has 0 spiro atoms. The highest BCUT2D eigenvalue weighted by atomic mass is 16.4. The first-order valence-corrected chi connectivity index (χ1v) is 7.30. The Hall–Kier alpha value is -2.04. The van der Waals surface area contributed by atoms with Gasteiger partial charge >= 0.3 is 0 Å². The molecule has 21 heavy (non-hydrogen) atoms. The summed E-state index contributed by atoms with van der Waals surface area (Å²) in [4.78, 5) is 12.6. The summed E-state index contributed by atoms with van der Waals surface area (Å²) in [5.41, 5.74) is 6.07. The molecule has 0 heterocycles. The minimum atomic E-state index is -0.612. The molecule has 4 N–H and O–H groups in total. The van der Waals surface area contributed by atoms with Gasteiger partial charge in [0.15, 0.2) is 0 Å². The number of amides is 1. The van der Waals surface area contributed by atoms with Gasteiger partial charge in [-0.15, -0.1) is 0 Å². The van der Waals surface area contributed by atoms with Gasteiger partial charge in [0.2, 0.25) is 5.91 Å². The summed E-state index contributed by atoms with van der Waals surface area (Å²) in [5, 5.41) is 15.0. The quantitative estimate of drug-likeness (QED) is 0.343. The minimum Gasteiger partial charge on any atom is -0.409 e. The Balaban J connectivity index is 2.10. The number of rotatable bonds is 4. The molecule has 0 aliphatic heterocycles. The lowest BCUT2D eigenvalue weighted by atomic mass is 9.83. The second-order valence-corrected chi connectivity index (χ2v) is 6.13. The van der Waals surface area contributed by atoms with Crippen molar-refractivity contribution in [2.75, 3.05) is 0 Å². The molecule has 2 unspecified atom stereocenters. The van der Waals surface area contributed by atoms with Gasteiger partial charge in [0.05, 0.1) is 5.41 Å². The molecular weight excluding hydrogens is 266 g/mol. The standard InChI is InChI=1S/C16H23N3O2/c1-16(2,11-7-4-3-5-8-11)15(20)18-13-10-6-9-12(13)14(17)19-21/h3-5,7-8,12-13,21H,6,9-10H2,1-2H3,(H2,17,19)(H,18,20). The number of nitrogens with zero attached hydrogens (tertiary/aromatic N) is 1. The van der Waals surface area contributed by atoms with E-state index in [-0.39, 0.29) is 23.7 Å². The Morgan fingerprint density at radius 2 is 2.00 bits per heavy atom. The molecule has 1 aliphatic carbocycles. The average molecular weight is 289 g/mol. The topological polar surface area (TPSA) is 87.7 Å². The lowest BCUT2D eigenvalue weighted by Gasteiger charge is -2.28. The summed E-state index contributed by atoms with van der Waals surface area (Å²) in [6.45, 7) is 3.82. The largest absolute Gasteiger partial charge is 0.409 e. The van der Waals surface area contributed by atoms with E-state index in [9.17, 15) is 4.79 Å². The van der Waals surface area contributed by atoms with Gasteiger partial charge in [0.25, 0.3) is 0 Å². The fourth-order valence-corrected chi connectivity index (χ4v) is 2.90. The van der Waals surface area contributed by atoms with E-state index in [2.05, 4.69) is 10.5 Å². The molecule has 1 aromatic rings. The number of hydrogen-bond donors (Lipinski definition) is 3. The summed E-state index contributed by atoms with van der Waals surface area (Å²) >= 11 is 0. The van der Waals surface area contributed by atoms with Gasteiger partial charge in [-0.25, -0.2) is 0 Å². The van der Waals surface area contributed by atoms with Crippen LogP contribution in [-0.2, 0) is 10.2 Å². The average Bonchev–Trinajstić information content (AvgIpc) is 2.95. The summed E-state index contributed by atoms with van der Waals surface area (Å²) in [7, 11) is 0. The van der Waals surface area contributed by atoms with Gasteiger partial charge in [-0.1, -0.05) is 41.9 Å². The van der Waals surface area contributed by atoms with Crippen molar-refractivity contribution in [3.63, 3.8) is 0 Å². The Morgan fingerprint density at radius 3 is 2.62 bits per heavy atom. The van der Waals surface area contributed by atoms with Gasteiger partial charge in [-0.3, -0.25) is 4.79 Å². The Bertz CT molecular complexity index is 526. The first-order valence-electron chi connectivity index (χ1n) is 7.30. The van der Waals surface area contributed by atoms with E-state index in [0.29, 0.717) is 0 Å². The van der Waals surface area contributed by atoms with Crippen LogP contribution in [0.25, 0.3) is 0 Å². The molecule has 0 radical (unpaired) electrons. The molecule has 1 aromatic carbocycles. The molecule has 2 rings (SSSR count). The maximum Gasteiger partial charge on any atom is 0.230 e. The van der Waals surface area contributed by atoms with Crippen molar-refractivity contribution in [3.05, 3.63) is 35.9 Å². The van der Waals surface area contributed by atoms with Crippen LogP contribution < -0.4 is 11.1 Å². The predicted octanol–water partition coefficient (Wildman–Crippen LogP) is 2.00. The molecule has 2 atom stereocenters. The lowest BCUT2D eigenvalue weighted by Crippen LogP contribution is -2.48. The van der Waals surface area contributed by atoms with Crippen LogP contribution in [0.5, 0.6) is 0 Å². The number of oxime groups is 1. The number of carbonyl (C=O) groups is 1. The van der Waals surface area contributed by atoms with E-state index < -0.39 is 5.41 Å². The maximum atomic E-state index is 12.6. The number of benzene rings is 1. The number of carbonyl (C=O) groups excluding carboxylic acids is 1. The van der Waals surface area contributed by atoms with Crippen LogP contribution in [0.1, 0.15) is 38.7 Å². The lowest BCUT2D eigenvalue weighted by molar-refractivity contribution is -0.126. The highest BCUT2D eigenvalue weighted by Gasteiger charge is 2.36. The van der Waals surface area contributed by atoms with Crippen molar-refractivity contribution in [2.45, 2.75) is 44.6 Å². The summed E-state index contributed by atoms with van der Waals surface area (Å²) in [5.74, 6) is 0.0946. The number of hydrogen-bond acceptors (Lipinski definition) is 3. The summed E-state index contributed by atoms with van der Waals surface area (Å²) < 4.78 is 0. The van der Waals surface area contributed by atoms with Crippen molar-refractivity contribution in [2.24, 2.45) is 16.8 Å². The van der Waals surface area contributed by atoms with Crippen molar-refractivity contribution in [3.8, 4) is 0 Å². The van der Waals surface area contributed by atoms with Crippen molar-refractivity contribution in [1.82, 2.24) is 5.32 Å². The van der Waals surface area contributed by atoms with Crippen molar-refractivity contribution >= 4 is 11.7 Å². The van der Waals surface area contributed by atoms with E-state index >= 15 is 0 Å². The molecule has 0 saturated heterocycles. The third-order valence-electron chi connectivity index (χ3n) is 4.39. The van der Waals surface area contributed by atoms with E-state index in [0.717, 1.165) is 24.8 Å². The first kappa shape index (κ1) is 15.4.